The maximum absolute atomic E-state index is 11.4. The van der Waals surface area contributed by atoms with Crippen molar-refractivity contribution < 1.29 is 4.79 Å². The number of aromatic amines is 1. The fourth-order valence-corrected chi connectivity index (χ4v) is 1.07. The molecule has 78 valence electrons. The van der Waals surface area contributed by atoms with Crippen LogP contribution in [0.5, 0.6) is 0 Å². The van der Waals surface area contributed by atoms with Gasteiger partial charge in [0.25, 0.3) is 5.91 Å². The minimum Gasteiger partial charge on any atom is -0.351 e. The summed E-state index contributed by atoms with van der Waals surface area (Å²) in [5.74, 6) is 2.19. The zero-order valence-electron chi connectivity index (χ0n) is 8.25. The van der Waals surface area contributed by atoms with Crippen LogP contribution in [0.2, 0.25) is 0 Å². The van der Waals surface area contributed by atoms with E-state index in [0.717, 1.165) is 6.42 Å². The van der Waals surface area contributed by atoms with Gasteiger partial charge in [0.05, 0.1) is 0 Å². The predicted molar refractivity (Wildman–Crippen MR) is 57.5 cm³/mol. The van der Waals surface area contributed by atoms with Crippen molar-refractivity contribution in [3.8, 4) is 12.3 Å². The number of carbonyl (C=O) groups is 1. The quantitative estimate of drug-likeness (QED) is 0.554. The molecule has 0 atom stereocenters. The molecule has 1 aromatic heterocycles. The third-order valence-corrected chi connectivity index (χ3v) is 1.80. The predicted octanol–water partition coefficient (Wildman–Crippen LogP) is 0.518. The van der Waals surface area contributed by atoms with Crippen LogP contribution in [0, 0.1) is 12.3 Å². The summed E-state index contributed by atoms with van der Waals surface area (Å²) < 4.78 is 0. The number of pyridine rings is 1. The first-order chi connectivity index (χ1) is 7.24. The number of unbranched alkanes of at least 4 members (excludes halogenated alkanes) is 1. The van der Waals surface area contributed by atoms with E-state index < -0.39 is 0 Å². The Balaban J connectivity index is 2.48. The van der Waals surface area contributed by atoms with Crippen molar-refractivity contribution in [2.24, 2.45) is 0 Å². The van der Waals surface area contributed by atoms with Crippen molar-refractivity contribution in [3.63, 3.8) is 0 Å². The van der Waals surface area contributed by atoms with Crippen LogP contribution in [0.25, 0.3) is 0 Å². The summed E-state index contributed by atoms with van der Waals surface area (Å²) in [4.78, 5) is 24.8. The Morgan fingerprint density at radius 1 is 1.53 bits per heavy atom. The number of hydrogen-bond donors (Lipinski definition) is 2. The highest BCUT2D eigenvalue weighted by Crippen LogP contribution is 1.90. The van der Waals surface area contributed by atoms with Crippen LogP contribution >= 0.6 is 0 Å². The van der Waals surface area contributed by atoms with E-state index in [2.05, 4.69) is 16.2 Å². The summed E-state index contributed by atoms with van der Waals surface area (Å²) in [6.45, 7) is 0.514. The number of carbonyl (C=O) groups excluding carboxylic acids is 1. The molecule has 1 aromatic rings. The Kier molecular flexibility index (Phi) is 4.17. The molecule has 1 amide bonds. The standard InChI is InChI=1S/C11H12N2O2/c1-2-3-4-8-12-11(15)9-6-5-7-10(14)13-9/h1,5-7H,3-4,8H2,(H,12,15)(H,13,14). The first kappa shape index (κ1) is 11.1. The van der Waals surface area contributed by atoms with Crippen LogP contribution in [0.1, 0.15) is 23.3 Å². The van der Waals surface area contributed by atoms with Gasteiger partial charge in [-0.25, -0.2) is 0 Å². The van der Waals surface area contributed by atoms with Gasteiger partial charge in [-0.15, -0.1) is 12.3 Å². The van der Waals surface area contributed by atoms with Gasteiger partial charge in [-0.1, -0.05) is 6.07 Å². The Bertz CT molecular complexity index is 429. The normalized spacial score (nSPS) is 9.27. The van der Waals surface area contributed by atoms with Gasteiger partial charge in [0.1, 0.15) is 5.69 Å². The fourth-order valence-electron chi connectivity index (χ4n) is 1.07. The molecule has 4 nitrogen and oxygen atoms in total. The summed E-state index contributed by atoms with van der Waals surface area (Å²) in [5.41, 5.74) is -0.0190. The highest BCUT2D eigenvalue weighted by atomic mass is 16.2. The Morgan fingerprint density at radius 2 is 2.33 bits per heavy atom. The van der Waals surface area contributed by atoms with E-state index in [1.165, 1.54) is 12.1 Å². The van der Waals surface area contributed by atoms with Crippen LogP contribution in [-0.2, 0) is 0 Å². The molecule has 1 rings (SSSR count). The average molecular weight is 204 g/mol. The monoisotopic (exact) mass is 204 g/mol. The number of aromatic nitrogens is 1. The summed E-state index contributed by atoms with van der Waals surface area (Å²) in [6.07, 6.45) is 6.43. The Labute approximate surface area is 87.7 Å². The zero-order chi connectivity index (χ0) is 11.1. The van der Waals surface area contributed by atoms with Gasteiger partial charge >= 0.3 is 0 Å². The second-order valence-corrected chi connectivity index (χ2v) is 2.99. The highest BCUT2D eigenvalue weighted by Gasteiger charge is 2.03. The lowest BCUT2D eigenvalue weighted by atomic mass is 10.3. The SMILES string of the molecule is C#CCCCNC(=O)c1cccc(=O)[nH]1. The molecule has 2 N–H and O–H groups in total. The lowest BCUT2D eigenvalue weighted by molar-refractivity contribution is 0.0948. The zero-order valence-corrected chi connectivity index (χ0v) is 8.25. The summed E-state index contributed by atoms with van der Waals surface area (Å²) in [5, 5.41) is 2.66. The molecule has 0 saturated heterocycles. The lowest BCUT2D eigenvalue weighted by Crippen LogP contribution is -2.26. The molecular formula is C11H12N2O2. The summed E-state index contributed by atoms with van der Waals surface area (Å²) >= 11 is 0. The maximum atomic E-state index is 11.4. The molecule has 0 saturated carbocycles. The van der Waals surface area contributed by atoms with Gasteiger partial charge in [0.2, 0.25) is 5.56 Å². The number of terminal acetylenes is 1. The van der Waals surface area contributed by atoms with E-state index in [1.807, 2.05) is 0 Å². The minimum absolute atomic E-state index is 0.267. The molecule has 0 fully saturated rings. The average Bonchev–Trinajstić information content (AvgIpc) is 2.24. The number of rotatable bonds is 4. The van der Waals surface area contributed by atoms with Crippen LogP contribution in [0.4, 0.5) is 0 Å². The van der Waals surface area contributed by atoms with E-state index in [0.29, 0.717) is 13.0 Å². The third kappa shape index (κ3) is 3.69. The van der Waals surface area contributed by atoms with Crippen LogP contribution < -0.4 is 10.9 Å². The van der Waals surface area contributed by atoms with Crippen LogP contribution in [0.3, 0.4) is 0 Å². The Morgan fingerprint density at radius 3 is 3.00 bits per heavy atom. The van der Waals surface area contributed by atoms with Crippen molar-refractivity contribution in [2.75, 3.05) is 6.54 Å². The molecule has 0 spiro atoms. The van der Waals surface area contributed by atoms with Gasteiger partial charge in [-0.05, 0) is 12.5 Å². The second-order valence-electron chi connectivity index (χ2n) is 2.99. The van der Waals surface area contributed by atoms with Crippen LogP contribution in [0.15, 0.2) is 23.0 Å². The van der Waals surface area contributed by atoms with Crippen molar-refractivity contribution in [1.29, 1.82) is 0 Å². The van der Waals surface area contributed by atoms with E-state index in [9.17, 15) is 9.59 Å². The van der Waals surface area contributed by atoms with Crippen molar-refractivity contribution >= 4 is 5.91 Å². The van der Waals surface area contributed by atoms with Crippen LogP contribution in [-0.4, -0.2) is 17.4 Å². The first-order valence-corrected chi connectivity index (χ1v) is 4.65. The first-order valence-electron chi connectivity index (χ1n) is 4.65. The molecule has 0 bridgehead atoms. The topological polar surface area (TPSA) is 62.0 Å². The van der Waals surface area contributed by atoms with Gasteiger partial charge in [0, 0.05) is 19.0 Å². The van der Waals surface area contributed by atoms with E-state index >= 15 is 0 Å². The molecule has 15 heavy (non-hydrogen) atoms. The minimum atomic E-state index is -0.287. The van der Waals surface area contributed by atoms with Gasteiger partial charge < -0.3 is 10.3 Å². The van der Waals surface area contributed by atoms with Gasteiger partial charge in [0.15, 0.2) is 0 Å². The largest absolute Gasteiger partial charge is 0.351 e. The lowest BCUT2D eigenvalue weighted by Gasteiger charge is -2.02. The van der Waals surface area contributed by atoms with E-state index in [4.69, 9.17) is 6.42 Å². The fraction of sp³-hybridized carbons (Fsp3) is 0.273. The second kappa shape index (κ2) is 5.66. The van der Waals surface area contributed by atoms with E-state index in [1.54, 1.807) is 6.07 Å². The smallest absolute Gasteiger partial charge is 0.267 e. The molecule has 0 radical (unpaired) electrons. The summed E-state index contributed by atoms with van der Waals surface area (Å²) in [6, 6.07) is 4.45. The highest BCUT2D eigenvalue weighted by molar-refractivity contribution is 5.92. The molecule has 0 aromatic carbocycles. The van der Waals surface area contributed by atoms with Gasteiger partial charge in [-0.2, -0.15) is 0 Å². The Hall–Kier alpha value is -2.02. The number of H-pyrrole nitrogens is 1. The maximum Gasteiger partial charge on any atom is 0.267 e. The summed E-state index contributed by atoms with van der Waals surface area (Å²) in [7, 11) is 0. The van der Waals surface area contributed by atoms with Crippen molar-refractivity contribution in [2.45, 2.75) is 12.8 Å². The molecule has 0 aliphatic heterocycles. The third-order valence-electron chi connectivity index (χ3n) is 1.80. The van der Waals surface area contributed by atoms with Gasteiger partial charge in [-0.3, -0.25) is 9.59 Å². The number of nitrogens with one attached hydrogen (secondary N) is 2. The van der Waals surface area contributed by atoms with E-state index in [-0.39, 0.29) is 17.2 Å². The molecular weight excluding hydrogens is 192 g/mol. The number of amides is 1. The van der Waals surface area contributed by atoms with Crippen molar-refractivity contribution in [3.05, 3.63) is 34.2 Å². The molecule has 0 aliphatic rings. The number of hydrogen-bond acceptors (Lipinski definition) is 2. The molecule has 4 heteroatoms. The molecule has 0 unspecified atom stereocenters. The molecule has 1 heterocycles. The van der Waals surface area contributed by atoms with Crippen molar-refractivity contribution in [1.82, 2.24) is 10.3 Å². The molecule has 0 aliphatic carbocycles.